The summed E-state index contributed by atoms with van der Waals surface area (Å²) in [6.45, 7) is 3.35. The number of hydrogen-bond donors (Lipinski definition) is 2. The van der Waals surface area contributed by atoms with Crippen LogP contribution < -0.4 is 15.4 Å². The number of nitrogens with one attached hydrogen (secondary N) is 2. The zero-order valence-corrected chi connectivity index (χ0v) is 11.2. The predicted molar refractivity (Wildman–Crippen MR) is 71.2 cm³/mol. The van der Waals surface area contributed by atoms with Crippen molar-refractivity contribution in [2.45, 2.75) is 6.92 Å². The second-order valence-electron chi connectivity index (χ2n) is 4.30. The molecule has 7 heteroatoms. The van der Waals surface area contributed by atoms with E-state index in [1.165, 1.54) is 13.2 Å². The molecule has 2 N–H and O–H groups in total. The molecule has 1 atom stereocenters. The fraction of sp³-hybridized carbons (Fsp3) is 0.500. The highest BCUT2D eigenvalue weighted by atomic mass is 19.1. The van der Waals surface area contributed by atoms with Crippen LogP contribution in [0.25, 0.3) is 0 Å². The van der Waals surface area contributed by atoms with E-state index in [2.05, 4.69) is 10.6 Å². The van der Waals surface area contributed by atoms with Crippen molar-refractivity contribution in [2.24, 2.45) is 5.92 Å². The van der Waals surface area contributed by atoms with Crippen molar-refractivity contribution in [1.29, 1.82) is 0 Å². The number of methoxy groups -OCH3 is 1. The van der Waals surface area contributed by atoms with Crippen LogP contribution >= 0.6 is 0 Å². The van der Waals surface area contributed by atoms with Gasteiger partial charge in [-0.05, 0) is 19.5 Å². The Labute approximate surface area is 111 Å². The van der Waals surface area contributed by atoms with Gasteiger partial charge in [-0.15, -0.1) is 0 Å². The first-order chi connectivity index (χ1) is 8.99. The molecule has 6 nitrogen and oxygen atoms in total. The van der Waals surface area contributed by atoms with Gasteiger partial charge in [-0.1, -0.05) is 6.92 Å². The monoisotopic (exact) mass is 271 g/mol. The van der Waals surface area contributed by atoms with Crippen LogP contribution in [0, 0.1) is 21.8 Å². The van der Waals surface area contributed by atoms with Crippen molar-refractivity contribution in [1.82, 2.24) is 5.32 Å². The topological polar surface area (TPSA) is 76.4 Å². The summed E-state index contributed by atoms with van der Waals surface area (Å²) < 4.78 is 18.6. The van der Waals surface area contributed by atoms with E-state index in [0.29, 0.717) is 12.5 Å². The van der Waals surface area contributed by atoms with E-state index in [9.17, 15) is 14.5 Å². The van der Waals surface area contributed by atoms with Crippen molar-refractivity contribution < 1.29 is 14.1 Å². The molecule has 0 heterocycles. The lowest BCUT2D eigenvalue weighted by Crippen LogP contribution is -2.23. The van der Waals surface area contributed by atoms with Crippen LogP contribution in [0.1, 0.15) is 6.92 Å². The molecule has 0 aliphatic heterocycles. The van der Waals surface area contributed by atoms with E-state index in [0.717, 1.165) is 12.6 Å². The van der Waals surface area contributed by atoms with Crippen LogP contribution in [0.4, 0.5) is 15.8 Å². The first kappa shape index (κ1) is 15.2. The molecule has 0 saturated heterocycles. The number of nitrogens with zero attached hydrogens (tertiary/aromatic N) is 1. The number of hydrogen-bond acceptors (Lipinski definition) is 5. The molecule has 1 aromatic rings. The van der Waals surface area contributed by atoms with E-state index in [1.807, 2.05) is 14.0 Å². The van der Waals surface area contributed by atoms with Gasteiger partial charge in [0.25, 0.3) is 0 Å². The Kier molecular flexibility index (Phi) is 5.50. The lowest BCUT2D eigenvalue weighted by Gasteiger charge is -2.14. The van der Waals surface area contributed by atoms with Crippen molar-refractivity contribution in [2.75, 3.05) is 32.6 Å². The molecule has 0 aromatic heterocycles. The van der Waals surface area contributed by atoms with Gasteiger partial charge in [-0.3, -0.25) is 10.1 Å². The molecule has 0 fully saturated rings. The molecule has 0 saturated carbocycles. The average molecular weight is 271 g/mol. The van der Waals surface area contributed by atoms with Crippen molar-refractivity contribution >= 4 is 11.4 Å². The molecular weight excluding hydrogens is 253 g/mol. The van der Waals surface area contributed by atoms with Crippen molar-refractivity contribution in [3.05, 3.63) is 28.1 Å². The fourth-order valence-corrected chi connectivity index (χ4v) is 1.69. The maximum atomic E-state index is 13.7. The summed E-state index contributed by atoms with van der Waals surface area (Å²) in [6.07, 6.45) is 0. The Bertz CT molecular complexity index is 454. The normalized spacial score (nSPS) is 12.0. The first-order valence-corrected chi connectivity index (χ1v) is 5.90. The third-order valence-corrected chi connectivity index (χ3v) is 2.66. The summed E-state index contributed by atoms with van der Waals surface area (Å²) in [5.41, 5.74) is -0.181. The van der Waals surface area contributed by atoms with Crippen LogP contribution in [0.5, 0.6) is 5.75 Å². The van der Waals surface area contributed by atoms with Crippen LogP contribution in [0.2, 0.25) is 0 Å². The second kappa shape index (κ2) is 6.89. The molecule has 0 aliphatic carbocycles. The average Bonchev–Trinajstić information content (AvgIpc) is 2.37. The molecule has 1 unspecified atom stereocenters. The van der Waals surface area contributed by atoms with Crippen LogP contribution in [-0.2, 0) is 0 Å². The SMILES string of the molecule is CNCC(C)CNc1cc(OC)c([N+](=O)[O-])cc1F. The highest BCUT2D eigenvalue weighted by molar-refractivity contribution is 5.59. The second-order valence-corrected chi connectivity index (χ2v) is 4.30. The molecule has 1 aromatic carbocycles. The van der Waals surface area contributed by atoms with Crippen LogP contribution in [0.15, 0.2) is 12.1 Å². The highest BCUT2D eigenvalue weighted by Gasteiger charge is 2.19. The van der Waals surface area contributed by atoms with E-state index in [-0.39, 0.29) is 17.1 Å². The quantitative estimate of drug-likeness (QED) is 0.586. The molecule has 106 valence electrons. The first-order valence-electron chi connectivity index (χ1n) is 5.90. The largest absolute Gasteiger partial charge is 0.490 e. The minimum absolute atomic E-state index is 0.0372. The summed E-state index contributed by atoms with van der Waals surface area (Å²) in [4.78, 5) is 10.1. The standard InChI is InChI=1S/C12H18FN3O3/c1-8(6-14-2)7-15-10-5-12(19-3)11(16(17)18)4-9(10)13/h4-5,8,14-15H,6-7H2,1-3H3. The van der Waals surface area contributed by atoms with Gasteiger partial charge in [0.1, 0.15) is 0 Å². The minimum Gasteiger partial charge on any atom is -0.490 e. The van der Waals surface area contributed by atoms with Gasteiger partial charge < -0.3 is 15.4 Å². The van der Waals surface area contributed by atoms with Gasteiger partial charge in [0.05, 0.1) is 23.8 Å². The summed E-state index contributed by atoms with van der Waals surface area (Å²) in [5.74, 6) is -0.329. The van der Waals surface area contributed by atoms with Gasteiger partial charge in [-0.25, -0.2) is 4.39 Å². The number of nitro groups is 1. The number of benzene rings is 1. The third kappa shape index (κ3) is 4.06. The van der Waals surface area contributed by atoms with E-state index in [4.69, 9.17) is 4.74 Å². The summed E-state index contributed by atoms with van der Waals surface area (Å²) >= 11 is 0. The Balaban J connectivity index is 2.87. The van der Waals surface area contributed by atoms with Gasteiger partial charge in [0.2, 0.25) is 0 Å². The van der Waals surface area contributed by atoms with Crippen LogP contribution in [0.3, 0.4) is 0 Å². The number of rotatable bonds is 7. The maximum Gasteiger partial charge on any atom is 0.313 e. The van der Waals surface area contributed by atoms with Gasteiger partial charge in [-0.2, -0.15) is 0 Å². The highest BCUT2D eigenvalue weighted by Crippen LogP contribution is 2.32. The number of ether oxygens (including phenoxy) is 1. The summed E-state index contributed by atoms with van der Waals surface area (Å²) in [5, 5.41) is 16.7. The maximum absolute atomic E-state index is 13.7. The molecule has 1 rings (SSSR count). The van der Waals surface area contributed by atoms with Gasteiger partial charge in [0.15, 0.2) is 11.6 Å². The third-order valence-electron chi connectivity index (χ3n) is 2.66. The molecule has 19 heavy (non-hydrogen) atoms. The molecule has 0 amide bonds. The number of halogens is 1. The van der Waals surface area contributed by atoms with Crippen molar-refractivity contribution in [3.63, 3.8) is 0 Å². The summed E-state index contributed by atoms with van der Waals surface area (Å²) in [6, 6.07) is 2.17. The molecule has 0 spiro atoms. The Morgan fingerprint density at radius 2 is 2.16 bits per heavy atom. The minimum atomic E-state index is -0.671. The smallest absolute Gasteiger partial charge is 0.313 e. The van der Waals surface area contributed by atoms with E-state index < -0.39 is 10.7 Å². The molecule has 0 radical (unpaired) electrons. The van der Waals surface area contributed by atoms with Gasteiger partial charge >= 0.3 is 5.69 Å². The molecule has 0 aliphatic rings. The molecular formula is C12H18FN3O3. The summed E-state index contributed by atoms with van der Waals surface area (Å²) in [7, 11) is 3.15. The number of nitro benzene ring substituents is 1. The predicted octanol–water partition coefficient (Wildman–Crippen LogP) is 2.01. The Morgan fingerprint density at radius 1 is 1.47 bits per heavy atom. The fourth-order valence-electron chi connectivity index (χ4n) is 1.69. The zero-order valence-electron chi connectivity index (χ0n) is 11.2. The zero-order chi connectivity index (χ0) is 14.4. The molecule has 0 bridgehead atoms. The van der Waals surface area contributed by atoms with E-state index in [1.54, 1.807) is 0 Å². The van der Waals surface area contributed by atoms with Crippen molar-refractivity contribution in [3.8, 4) is 5.75 Å². The van der Waals surface area contributed by atoms with E-state index >= 15 is 0 Å². The Morgan fingerprint density at radius 3 is 2.68 bits per heavy atom. The van der Waals surface area contributed by atoms with Crippen LogP contribution in [-0.4, -0.2) is 32.2 Å². The lowest BCUT2D eigenvalue weighted by atomic mass is 10.1. The number of anilines is 1. The lowest BCUT2D eigenvalue weighted by molar-refractivity contribution is -0.385. The van der Waals surface area contributed by atoms with Gasteiger partial charge in [0, 0.05) is 12.6 Å². The Hall–Kier alpha value is -1.89.